The van der Waals surface area contributed by atoms with Crippen LogP contribution in [0, 0.1) is 13.8 Å². The van der Waals surface area contributed by atoms with Crippen molar-refractivity contribution < 1.29 is 0 Å². The fraction of sp³-hybridized carbons (Fsp3) is 0.429. The van der Waals surface area contributed by atoms with Crippen LogP contribution in [0.4, 0.5) is 0 Å². The van der Waals surface area contributed by atoms with Gasteiger partial charge in [0.2, 0.25) is 0 Å². The van der Waals surface area contributed by atoms with Crippen molar-refractivity contribution in [2.24, 2.45) is 0 Å². The van der Waals surface area contributed by atoms with Crippen molar-refractivity contribution >= 4 is 15.9 Å². The molecule has 0 spiro atoms. The number of nitrogens with one attached hydrogen (secondary N) is 1. The second-order valence-electron chi connectivity index (χ2n) is 5.13. The number of pyridine rings is 1. The van der Waals surface area contributed by atoms with Crippen LogP contribution in [-0.4, -0.2) is 20.8 Å². The lowest BCUT2D eigenvalue weighted by Gasteiger charge is -2.11. The van der Waals surface area contributed by atoms with E-state index in [2.05, 4.69) is 50.4 Å². The van der Waals surface area contributed by atoms with Gasteiger partial charge in [0.25, 0.3) is 0 Å². The van der Waals surface area contributed by atoms with E-state index in [0.29, 0.717) is 6.04 Å². The molecule has 2 aromatic rings. The van der Waals surface area contributed by atoms with Crippen LogP contribution >= 0.6 is 15.9 Å². The zero-order chi connectivity index (χ0) is 13.4. The van der Waals surface area contributed by atoms with Crippen molar-refractivity contribution in [3.8, 4) is 5.82 Å². The molecule has 2 aromatic heterocycles. The van der Waals surface area contributed by atoms with Crippen LogP contribution in [0.1, 0.15) is 29.8 Å². The van der Waals surface area contributed by atoms with E-state index in [9.17, 15) is 0 Å². The van der Waals surface area contributed by atoms with Crippen LogP contribution in [-0.2, 0) is 6.54 Å². The Morgan fingerprint density at radius 2 is 2.16 bits per heavy atom. The number of halogens is 1. The highest BCUT2D eigenvalue weighted by Crippen LogP contribution is 2.22. The quantitative estimate of drug-likeness (QED) is 0.941. The fourth-order valence-corrected chi connectivity index (χ4v) is 2.56. The molecule has 4 nitrogen and oxygen atoms in total. The molecule has 2 heterocycles. The average Bonchev–Trinajstić information content (AvgIpc) is 3.12. The molecule has 1 aliphatic rings. The summed E-state index contributed by atoms with van der Waals surface area (Å²) in [7, 11) is 0. The predicted octanol–water partition coefficient (Wildman–Crippen LogP) is 2.90. The van der Waals surface area contributed by atoms with Crippen molar-refractivity contribution in [3.05, 3.63) is 39.8 Å². The monoisotopic (exact) mass is 320 g/mol. The van der Waals surface area contributed by atoms with E-state index < -0.39 is 0 Å². The second-order valence-corrected chi connectivity index (χ2v) is 6.05. The summed E-state index contributed by atoms with van der Waals surface area (Å²) >= 11 is 3.50. The molecule has 0 atom stereocenters. The van der Waals surface area contributed by atoms with Crippen LogP contribution in [0.5, 0.6) is 0 Å². The summed E-state index contributed by atoms with van der Waals surface area (Å²) in [6.07, 6.45) is 4.40. The first kappa shape index (κ1) is 12.8. The van der Waals surface area contributed by atoms with Crippen LogP contribution in [0.25, 0.3) is 5.82 Å². The maximum Gasteiger partial charge on any atom is 0.158 e. The highest BCUT2D eigenvalue weighted by atomic mass is 79.9. The summed E-state index contributed by atoms with van der Waals surface area (Å²) in [5, 5.41) is 8.06. The predicted molar refractivity (Wildman–Crippen MR) is 78.4 cm³/mol. The first-order valence-corrected chi connectivity index (χ1v) is 7.34. The standard InChI is InChI=1S/C14H17BrN4/c1-9-5-10(2)19(18-9)14-11(6-12(15)8-17-14)7-16-13-3-4-13/h5-6,8,13,16H,3-4,7H2,1-2H3. The van der Waals surface area contributed by atoms with E-state index in [-0.39, 0.29) is 0 Å². The molecule has 1 aliphatic carbocycles. The minimum atomic E-state index is 0.687. The first-order chi connectivity index (χ1) is 9.13. The minimum absolute atomic E-state index is 0.687. The lowest BCUT2D eigenvalue weighted by molar-refractivity contribution is 0.673. The molecule has 3 rings (SSSR count). The van der Waals surface area contributed by atoms with Crippen LogP contribution in [0.2, 0.25) is 0 Å². The molecule has 0 saturated heterocycles. The Morgan fingerprint density at radius 1 is 1.37 bits per heavy atom. The van der Waals surface area contributed by atoms with Crippen LogP contribution < -0.4 is 5.32 Å². The van der Waals surface area contributed by atoms with Crippen molar-refractivity contribution in [2.75, 3.05) is 0 Å². The van der Waals surface area contributed by atoms with Gasteiger partial charge in [0, 0.05) is 34.5 Å². The van der Waals surface area contributed by atoms with Gasteiger partial charge in [-0.3, -0.25) is 0 Å². The normalized spacial score (nSPS) is 14.9. The molecule has 5 heteroatoms. The molecule has 0 amide bonds. The second kappa shape index (κ2) is 5.06. The van der Waals surface area contributed by atoms with E-state index in [1.807, 2.05) is 17.8 Å². The summed E-state index contributed by atoms with van der Waals surface area (Å²) < 4.78 is 2.93. The van der Waals surface area contributed by atoms with E-state index >= 15 is 0 Å². The maximum absolute atomic E-state index is 4.53. The topological polar surface area (TPSA) is 42.7 Å². The van der Waals surface area contributed by atoms with Crippen molar-refractivity contribution in [1.29, 1.82) is 0 Å². The number of aryl methyl sites for hydroxylation is 2. The maximum atomic E-state index is 4.53. The third kappa shape index (κ3) is 2.87. The van der Waals surface area contributed by atoms with Crippen molar-refractivity contribution in [1.82, 2.24) is 20.1 Å². The highest BCUT2D eigenvalue weighted by Gasteiger charge is 2.21. The molecule has 0 bridgehead atoms. The van der Waals surface area contributed by atoms with Gasteiger partial charge < -0.3 is 5.32 Å². The van der Waals surface area contributed by atoms with Crippen LogP contribution in [0.15, 0.2) is 22.8 Å². The molecule has 1 saturated carbocycles. The Bertz CT molecular complexity index is 601. The third-order valence-corrected chi connectivity index (χ3v) is 3.71. The summed E-state index contributed by atoms with van der Waals surface area (Å²) in [5.41, 5.74) is 3.30. The molecular formula is C14H17BrN4. The Hall–Kier alpha value is -1.20. The van der Waals surface area contributed by atoms with E-state index in [1.165, 1.54) is 18.4 Å². The zero-order valence-corrected chi connectivity index (χ0v) is 12.7. The van der Waals surface area contributed by atoms with Gasteiger partial charge in [-0.1, -0.05) is 0 Å². The van der Waals surface area contributed by atoms with Gasteiger partial charge in [-0.25, -0.2) is 9.67 Å². The minimum Gasteiger partial charge on any atom is -0.310 e. The Balaban J connectivity index is 1.96. The zero-order valence-electron chi connectivity index (χ0n) is 11.2. The molecule has 100 valence electrons. The number of nitrogens with zero attached hydrogens (tertiary/aromatic N) is 3. The SMILES string of the molecule is Cc1cc(C)n(-c2ncc(Br)cc2CNC2CC2)n1. The number of rotatable bonds is 4. The molecule has 0 aromatic carbocycles. The smallest absolute Gasteiger partial charge is 0.158 e. The van der Waals surface area contributed by atoms with Crippen LogP contribution in [0.3, 0.4) is 0 Å². The van der Waals surface area contributed by atoms with Gasteiger partial charge in [0.1, 0.15) is 0 Å². The summed E-state index contributed by atoms with van der Waals surface area (Å²) in [6, 6.07) is 4.88. The number of aromatic nitrogens is 3. The molecule has 1 fully saturated rings. The lowest BCUT2D eigenvalue weighted by Crippen LogP contribution is -2.18. The highest BCUT2D eigenvalue weighted by molar-refractivity contribution is 9.10. The van der Waals surface area contributed by atoms with Gasteiger partial charge in [0.05, 0.1) is 5.69 Å². The Labute approximate surface area is 121 Å². The van der Waals surface area contributed by atoms with Crippen molar-refractivity contribution in [3.63, 3.8) is 0 Å². The van der Waals surface area contributed by atoms with Gasteiger partial charge >= 0.3 is 0 Å². The Morgan fingerprint density at radius 3 is 2.79 bits per heavy atom. The lowest BCUT2D eigenvalue weighted by atomic mass is 10.2. The van der Waals surface area contributed by atoms with Crippen molar-refractivity contribution in [2.45, 2.75) is 39.3 Å². The number of hydrogen-bond acceptors (Lipinski definition) is 3. The average molecular weight is 321 g/mol. The van der Waals surface area contributed by atoms with E-state index in [4.69, 9.17) is 0 Å². The summed E-state index contributed by atoms with van der Waals surface area (Å²) in [4.78, 5) is 4.53. The van der Waals surface area contributed by atoms with Gasteiger partial charge in [-0.05, 0) is 54.8 Å². The molecule has 0 aliphatic heterocycles. The number of hydrogen-bond donors (Lipinski definition) is 1. The first-order valence-electron chi connectivity index (χ1n) is 6.55. The fourth-order valence-electron chi connectivity index (χ4n) is 2.18. The van der Waals surface area contributed by atoms with Gasteiger partial charge in [0.15, 0.2) is 5.82 Å². The van der Waals surface area contributed by atoms with E-state index in [0.717, 1.165) is 28.2 Å². The summed E-state index contributed by atoms with van der Waals surface area (Å²) in [6.45, 7) is 4.90. The third-order valence-electron chi connectivity index (χ3n) is 3.28. The summed E-state index contributed by atoms with van der Waals surface area (Å²) in [5.74, 6) is 0.918. The molecule has 0 unspecified atom stereocenters. The van der Waals surface area contributed by atoms with Gasteiger partial charge in [-0.15, -0.1) is 0 Å². The molecule has 0 radical (unpaired) electrons. The molecule has 1 N–H and O–H groups in total. The Kier molecular flexibility index (Phi) is 3.41. The molecular weight excluding hydrogens is 304 g/mol. The molecule has 19 heavy (non-hydrogen) atoms. The largest absolute Gasteiger partial charge is 0.310 e. The van der Waals surface area contributed by atoms with E-state index in [1.54, 1.807) is 0 Å². The van der Waals surface area contributed by atoms with Gasteiger partial charge in [-0.2, -0.15) is 5.10 Å².